The first-order valence-electron chi connectivity index (χ1n) is 5.58. The zero-order valence-corrected chi connectivity index (χ0v) is 10.9. The van der Waals surface area contributed by atoms with Crippen LogP contribution in [0.4, 0.5) is 5.95 Å². The predicted octanol–water partition coefficient (Wildman–Crippen LogP) is -0.886. The van der Waals surface area contributed by atoms with Crippen LogP contribution in [-0.2, 0) is 6.54 Å². The number of aromatic amines is 1. The molecule has 2 heterocycles. The number of nitrogens with zero attached hydrogens (tertiary/aromatic N) is 3. The average Bonchev–Trinajstić information content (AvgIpc) is 2.72. The van der Waals surface area contributed by atoms with Crippen LogP contribution in [0.2, 0.25) is 0 Å². The number of aliphatic hydroxyl groups is 2. The number of nitrogens with one attached hydrogen (secondary N) is 1. The molecule has 1 unspecified atom stereocenters. The number of nitrogens with two attached hydrogens (primary N) is 1. The lowest BCUT2D eigenvalue weighted by atomic mass is 10.1. The first-order chi connectivity index (χ1) is 8.65. The van der Waals surface area contributed by atoms with Gasteiger partial charge in [-0.1, -0.05) is 0 Å². The van der Waals surface area contributed by atoms with Crippen molar-refractivity contribution in [2.45, 2.75) is 13.0 Å². The van der Waals surface area contributed by atoms with E-state index in [0.717, 1.165) is 0 Å². The second-order valence-corrected chi connectivity index (χ2v) is 4.08. The lowest BCUT2D eigenvalue weighted by Gasteiger charge is -2.13. The molecule has 2 rings (SSSR count). The Kier molecular flexibility index (Phi) is 5.28. The number of aliphatic hydroxyl groups excluding tert-OH is 2. The number of anilines is 1. The zero-order chi connectivity index (χ0) is 13.1. The molecule has 0 saturated carbocycles. The number of hydrogen-bond acceptors (Lipinski definition) is 6. The molecule has 9 heteroatoms. The third-order valence-corrected chi connectivity index (χ3v) is 2.74. The summed E-state index contributed by atoms with van der Waals surface area (Å²) < 4.78 is 1.65. The summed E-state index contributed by atoms with van der Waals surface area (Å²) in [4.78, 5) is 21.9. The number of hydrogen-bond donors (Lipinski definition) is 4. The molecule has 0 spiro atoms. The Bertz CT molecular complexity index is 596. The standard InChI is InChI=1S/C10H15N5O3.ClH/c11-10-13-8-7(9(18)14-10)12-5-15(8)3-6(4-17)1-2-16;/h5-6,16-17H,1-4H2,(H3,11,13,14,18);1H. The SMILES string of the molecule is Cl.Nc1nc2c(ncn2CC(CO)CCO)c(=O)[nH]1. The molecule has 0 aliphatic carbocycles. The molecule has 8 nitrogen and oxygen atoms in total. The normalized spacial score (nSPS) is 12.3. The van der Waals surface area contributed by atoms with Gasteiger partial charge in [0.25, 0.3) is 5.56 Å². The minimum absolute atomic E-state index is 0. The van der Waals surface area contributed by atoms with Crippen LogP contribution in [0.3, 0.4) is 0 Å². The van der Waals surface area contributed by atoms with Crippen LogP contribution in [-0.4, -0.2) is 42.9 Å². The first-order valence-corrected chi connectivity index (χ1v) is 5.58. The van der Waals surface area contributed by atoms with Gasteiger partial charge in [0.15, 0.2) is 11.2 Å². The lowest BCUT2D eigenvalue weighted by Crippen LogP contribution is -2.17. The van der Waals surface area contributed by atoms with Crippen LogP contribution >= 0.6 is 12.4 Å². The monoisotopic (exact) mass is 289 g/mol. The van der Waals surface area contributed by atoms with E-state index in [9.17, 15) is 9.90 Å². The third-order valence-electron chi connectivity index (χ3n) is 2.74. The van der Waals surface area contributed by atoms with Crippen LogP contribution in [0.25, 0.3) is 11.2 Å². The van der Waals surface area contributed by atoms with Gasteiger partial charge in [-0.2, -0.15) is 4.98 Å². The molecule has 0 amide bonds. The number of fused-ring (bicyclic) bond motifs is 1. The van der Waals surface area contributed by atoms with Crippen molar-refractivity contribution in [1.82, 2.24) is 19.5 Å². The summed E-state index contributed by atoms with van der Waals surface area (Å²) in [5, 5.41) is 18.1. The molecule has 0 fully saturated rings. The van der Waals surface area contributed by atoms with Gasteiger partial charge in [0, 0.05) is 25.7 Å². The highest BCUT2D eigenvalue weighted by Gasteiger charge is 2.13. The Morgan fingerprint density at radius 2 is 2.21 bits per heavy atom. The second-order valence-electron chi connectivity index (χ2n) is 4.08. The average molecular weight is 290 g/mol. The Morgan fingerprint density at radius 3 is 2.84 bits per heavy atom. The van der Waals surface area contributed by atoms with Crippen molar-refractivity contribution >= 4 is 29.5 Å². The number of halogens is 1. The Labute approximate surface area is 114 Å². The number of nitrogen functional groups attached to an aromatic ring is 1. The zero-order valence-electron chi connectivity index (χ0n) is 10.1. The number of aromatic nitrogens is 4. The summed E-state index contributed by atoms with van der Waals surface area (Å²) in [6.07, 6.45) is 1.95. The lowest BCUT2D eigenvalue weighted by molar-refractivity contribution is 0.171. The highest BCUT2D eigenvalue weighted by atomic mass is 35.5. The first kappa shape index (κ1) is 15.4. The Morgan fingerprint density at radius 1 is 1.47 bits per heavy atom. The van der Waals surface area contributed by atoms with Gasteiger partial charge in [-0.25, -0.2) is 4.98 Å². The topological polar surface area (TPSA) is 130 Å². The van der Waals surface area contributed by atoms with E-state index in [1.165, 1.54) is 6.33 Å². The molecule has 0 bridgehead atoms. The van der Waals surface area contributed by atoms with Crippen molar-refractivity contribution in [3.8, 4) is 0 Å². The number of rotatable bonds is 5. The van der Waals surface area contributed by atoms with Gasteiger partial charge in [0.1, 0.15) is 0 Å². The van der Waals surface area contributed by atoms with E-state index in [4.69, 9.17) is 10.8 Å². The predicted molar refractivity (Wildman–Crippen MR) is 72.1 cm³/mol. The van der Waals surface area contributed by atoms with E-state index in [1.54, 1.807) is 4.57 Å². The fourth-order valence-electron chi connectivity index (χ4n) is 1.81. The van der Waals surface area contributed by atoms with Gasteiger partial charge in [-0.3, -0.25) is 9.78 Å². The maximum absolute atomic E-state index is 11.6. The minimum atomic E-state index is -0.390. The van der Waals surface area contributed by atoms with E-state index in [1.807, 2.05) is 0 Å². The molecule has 106 valence electrons. The van der Waals surface area contributed by atoms with Crippen LogP contribution in [0.5, 0.6) is 0 Å². The molecule has 0 aliphatic heterocycles. The molecular weight excluding hydrogens is 274 g/mol. The van der Waals surface area contributed by atoms with Crippen molar-refractivity contribution in [2.24, 2.45) is 5.92 Å². The van der Waals surface area contributed by atoms with E-state index < -0.39 is 0 Å². The summed E-state index contributed by atoms with van der Waals surface area (Å²) in [6.45, 7) is 0.358. The highest BCUT2D eigenvalue weighted by molar-refractivity contribution is 5.85. The Hall–Kier alpha value is -1.64. The molecule has 2 aromatic heterocycles. The van der Waals surface area contributed by atoms with Crippen LogP contribution < -0.4 is 11.3 Å². The van der Waals surface area contributed by atoms with E-state index in [2.05, 4.69) is 15.0 Å². The molecule has 2 aromatic rings. The smallest absolute Gasteiger partial charge is 0.280 e. The van der Waals surface area contributed by atoms with Gasteiger partial charge < -0.3 is 20.5 Å². The van der Waals surface area contributed by atoms with Gasteiger partial charge in [0.05, 0.1) is 6.33 Å². The van der Waals surface area contributed by atoms with Crippen molar-refractivity contribution in [1.29, 1.82) is 0 Å². The third kappa shape index (κ3) is 3.22. The molecule has 19 heavy (non-hydrogen) atoms. The minimum Gasteiger partial charge on any atom is -0.396 e. The maximum atomic E-state index is 11.6. The van der Waals surface area contributed by atoms with Gasteiger partial charge in [-0.15, -0.1) is 12.4 Å². The molecule has 0 aliphatic rings. The summed E-state index contributed by atoms with van der Waals surface area (Å²) in [6, 6.07) is 0. The number of H-pyrrole nitrogens is 1. The van der Waals surface area contributed by atoms with Crippen LogP contribution in [0, 0.1) is 5.92 Å². The second kappa shape index (κ2) is 6.50. The van der Waals surface area contributed by atoms with Crippen LogP contribution in [0.1, 0.15) is 6.42 Å². The molecule has 0 saturated heterocycles. The van der Waals surface area contributed by atoms with Crippen molar-refractivity contribution < 1.29 is 10.2 Å². The van der Waals surface area contributed by atoms with Crippen molar-refractivity contribution in [2.75, 3.05) is 18.9 Å². The molecule has 0 radical (unpaired) electrons. The van der Waals surface area contributed by atoms with E-state index >= 15 is 0 Å². The number of imidazole rings is 1. The van der Waals surface area contributed by atoms with Gasteiger partial charge >= 0.3 is 0 Å². The quantitative estimate of drug-likeness (QED) is 0.565. The highest BCUT2D eigenvalue weighted by Crippen LogP contribution is 2.11. The summed E-state index contributed by atoms with van der Waals surface area (Å²) >= 11 is 0. The Balaban J connectivity index is 0.00000180. The largest absolute Gasteiger partial charge is 0.396 e. The molecule has 0 aromatic carbocycles. The van der Waals surface area contributed by atoms with Crippen molar-refractivity contribution in [3.05, 3.63) is 16.7 Å². The fraction of sp³-hybridized carbons (Fsp3) is 0.500. The summed E-state index contributed by atoms with van der Waals surface area (Å²) in [7, 11) is 0. The van der Waals surface area contributed by atoms with Crippen molar-refractivity contribution in [3.63, 3.8) is 0 Å². The molecule has 1 atom stereocenters. The fourth-order valence-corrected chi connectivity index (χ4v) is 1.81. The van der Waals surface area contributed by atoms with E-state index in [-0.39, 0.29) is 48.6 Å². The molecule has 5 N–H and O–H groups in total. The van der Waals surface area contributed by atoms with Crippen LogP contribution in [0.15, 0.2) is 11.1 Å². The summed E-state index contributed by atoms with van der Waals surface area (Å²) in [5.74, 6) is -0.0910. The molecular formula is C10H16ClN5O3. The van der Waals surface area contributed by atoms with Gasteiger partial charge in [-0.05, 0) is 6.42 Å². The van der Waals surface area contributed by atoms with E-state index in [0.29, 0.717) is 18.6 Å². The maximum Gasteiger partial charge on any atom is 0.280 e. The summed E-state index contributed by atoms with van der Waals surface area (Å²) in [5.41, 5.74) is 5.68. The van der Waals surface area contributed by atoms with Gasteiger partial charge in [0.2, 0.25) is 5.95 Å².